The normalized spacial score (nSPS) is 11.1. The first-order valence-corrected chi connectivity index (χ1v) is 7.72. The van der Waals surface area contributed by atoms with E-state index in [9.17, 15) is 4.79 Å². The van der Waals surface area contributed by atoms with Crippen molar-refractivity contribution in [3.05, 3.63) is 96.1 Å². The summed E-state index contributed by atoms with van der Waals surface area (Å²) in [7, 11) is 0. The molecule has 0 bridgehead atoms. The molecule has 3 N–H and O–H groups in total. The maximum absolute atomic E-state index is 12.0. The number of carbonyl (C=O) groups excluding carboxylic acids is 1. The number of nitrogens with two attached hydrogens (primary N) is 1. The van der Waals surface area contributed by atoms with Crippen LogP contribution >= 0.6 is 0 Å². The van der Waals surface area contributed by atoms with Crippen LogP contribution in [0.1, 0.15) is 11.1 Å². The SMILES string of the molecule is NC(=O)C(=Cc1ccccc1)c1ccccc1Nc1ccccc1. The van der Waals surface area contributed by atoms with Crippen LogP contribution < -0.4 is 11.1 Å². The molecule has 0 unspecified atom stereocenters. The predicted molar refractivity (Wildman–Crippen MR) is 99.7 cm³/mol. The first-order valence-electron chi connectivity index (χ1n) is 7.72. The fraction of sp³-hybridized carbons (Fsp3) is 0. The second kappa shape index (κ2) is 7.29. The van der Waals surface area contributed by atoms with Crippen LogP contribution in [0.15, 0.2) is 84.9 Å². The van der Waals surface area contributed by atoms with Crippen molar-refractivity contribution < 1.29 is 4.79 Å². The first-order chi connectivity index (χ1) is 11.7. The Kier molecular flexibility index (Phi) is 4.73. The Hall–Kier alpha value is -3.33. The summed E-state index contributed by atoms with van der Waals surface area (Å²) in [4.78, 5) is 12.0. The minimum atomic E-state index is -0.457. The lowest BCUT2D eigenvalue weighted by atomic mass is 10.00. The summed E-state index contributed by atoms with van der Waals surface area (Å²) < 4.78 is 0. The minimum Gasteiger partial charge on any atom is -0.366 e. The average Bonchev–Trinajstić information content (AvgIpc) is 2.62. The molecule has 0 aliphatic heterocycles. The Bertz CT molecular complexity index is 855. The van der Waals surface area contributed by atoms with E-state index in [0.717, 1.165) is 22.5 Å². The average molecular weight is 314 g/mol. The van der Waals surface area contributed by atoms with Crippen LogP contribution in [0.5, 0.6) is 0 Å². The number of rotatable bonds is 5. The lowest BCUT2D eigenvalue weighted by Crippen LogP contribution is -2.14. The summed E-state index contributed by atoms with van der Waals surface area (Å²) >= 11 is 0. The standard InChI is InChI=1S/C21H18N2O/c22-21(24)19(15-16-9-3-1-4-10-16)18-13-7-8-14-20(18)23-17-11-5-2-6-12-17/h1-15,23H,(H2,22,24). The van der Waals surface area contributed by atoms with Gasteiger partial charge in [0, 0.05) is 22.5 Å². The number of carbonyl (C=O) groups is 1. The van der Waals surface area contributed by atoms with Crippen molar-refractivity contribution in [1.82, 2.24) is 0 Å². The molecule has 0 aromatic heterocycles. The maximum atomic E-state index is 12.0. The van der Waals surface area contributed by atoms with Gasteiger partial charge in [-0.1, -0.05) is 66.7 Å². The highest BCUT2D eigenvalue weighted by Gasteiger charge is 2.13. The lowest BCUT2D eigenvalue weighted by molar-refractivity contribution is -0.112. The van der Waals surface area contributed by atoms with Gasteiger partial charge < -0.3 is 11.1 Å². The molecule has 0 aliphatic carbocycles. The fourth-order valence-corrected chi connectivity index (χ4v) is 2.50. The Balaban J connectivity index is 2.03. The van der Waals surface area contributed by atoms with E-state index in [2.05, 4.69) is 5.32 Å². The second-order valence-electron chi connectivity index (χ2n) is 5.37. The molecule has 0 atom stereocenters. The molecule has 0 heterocycles. The number of primary amides is 1. The van der Waals surface area contributed by atoms with Crippen LogP contribution in [0.2, 0.25) is 0 Å². The smallest absolute Gasteiger partial charge is 0.249 e. The second-order valence-corrected chi connectivity index (χ2v) is 5.37. The molecule has 1 amide bonds. The Morgan fingerprint density at radius 2 is 1.38 bits per heavy atom. The largest absolute Gasteiger partial charge is 0.366 e. The summed E-state index contributed by atoms with van der Waals surface area (Å²) in [6.45, 7) is 0. The molecule has 3 aromatic rings. The summed E-state index contributed by atoms with van der Waals surface area (Å²) in [5.41, 5.74) is 9.61. The van der Waals surface area contributed by atoms with Gasteiger partial charge in [-0.25, -0.2) is 0 Å². The Labute approximate surface area is 141 Å². The van der Waals surface area contributed by atoms with Crippen LogP contribution in [0.3, 0.4) is 0 Å². The van der Waals surface area contributed by atoms with E-state index in [1.807, 2.05) is 91.0 Å². The number of hydrogen-bond donors (Lipinski definition) is 2. The summed E-state index contributed by atoms with van der Waals surface area (Å²) in [5.74, 6) is -0.457. The molecular formula is C21H18N2O. The monoisotopic (exact) mass is 314 g/mol. The maximum Gasteiger partial charge on any atom is 0.249 e. The number of nitrogens with one attached hydrogen (secondary N) is 1. The van der Waals surface area contributed by atoms with Gasteiger partial charge in [-0.2, -0.15) is 0 Å². The topological polar surface area (TPSA) is 55.1 Å². The Morgan fingerprint density at radius 3 is 2.04 bits per heavy atom. The van der Waals surface area contributed by atoms with Gasteiger partial charge in [0.25, 0.3) is 0 Å². The van der Waals surface area contributed by atoms with E-state index in [4.69, 9.17) is 5.73 Å². The van der Waals surface area contributed by atoms with Gasteiger partial charge >= 0.3 is 0 Å². The molecule has 0 fully saturated rings. The minimum absolute atomic E-state index is 0.457. The highest BCUT2D eigenvalue weighted by Crippen LogP contribution is 2.28. The molecule has 0 saturated heterocycles. The van der Waals surface area contributed by atoms with Crippen LogP contribution in [-0.4, -0.2) is 5.91 Å². The van der Waals surface area contributed by atoms with Crippen molar-refractivity contribution in [3.63, 3.8) is 0 Å². The molecule has 3 heteroatoms. The molecule has 0 saturated carbocycles. The zero-order chi connectivity index (χ0) is 16.8. The summed E-state index contributed by atoms with van der Waals surface area (Å²) in [6.07, 6.45) is 1.81. The van der Waals surface area contributed by atoms with Gasteiger partial charge in [-0.3, -0.25) is 4.79 Å². The molecule has 0 aliphatic rings. The van der Waals surface area contributed by atoms with Crippen molar-refractivity contribution in [3.8, 4) is 0 Å². The van der Waals surface area contributed by atoms with E-state index < -0.39 is 5.91 Å². The van der Waals surface area contributed by atoms with Gasteiger partial charge in [0.2, 0.25) is 5.91 Å². The zero-order valence-electron chi connectivity index (χ0n) is 13.1. The van der Waals surface area contributed by atoms with Gasteiger partial charge in [0.15, 0.2) is 0 Å². The number of amides is 1. The number of benzene rings is 3. The zero-order valence-corrected chi connectivity index (χ0v) is 13.1. The quantitative estimate of drug-likeness (QED) is 0.540. The van der Waals surface area contributed by atoms with Crippen LogP contribution in [0.4, 0.5) is 11.4 Å². The van der Waals surface area contributed by atoms with Crippen molar-refractivity contribution in [2.75, 3.05) is 5.32 Å². The van der Waals surface area contributed by atoms with E-state index in [-0.39, 0.29) is 0 Å². The van der Waals surface area contributed by atoms with Gasteiger partial charge in [-0.05, 0) is 29.8 Å². The third-order valence-electron chi connectivity index (χ3n) is 3.65. The van der Waals surface area contributed by atoms with Gasteiger partial charge in [0.1, 0.15) is 0 Å². The number of anilines is 2. The molecule has 3 aromatic carbocycles. The Morgan fingerprint density at radius 1 is 0.792 bits per heavy atom. The number of hydrogen-bond acceptors (Lipinski definition) is 2. The van der Waals surface area contributed by atoms with Crippen molar-refractivity contribution in [2.24, 2.45) is 5.73 Å². The van der Waals surface area contributed by atoms with E-state index in [0.29, 0.717) is 5.57 Å². The van der Waals surface area contributed by atoms with Crippen molar-refractivity contribution in [1.29, 1.82) is 0 Å². The molecule has 118 valence electrons. The molecule has 0 radical (unpaired) electrons. The molecule has 0 spiro atoms. The third-order valence-corrected chi connectivity index (χ3v) is 3.65. The number of para-hydroxylation sites is 2. The highest BCUT2D eigenvalue weighted by molar-refractivity contribution is 6.25. The molecular weight excluding hydrogens is 296 g/mol. The molecule has 24 heavy (non-hydrogen) atoms. The van der Waals surface area contributed by atoms with Crippen molar-refractivity contribution >= 4 is 28.9 Å². The predicted octanol–water partition coefficient (Wildman–Crippen LogP) is 4.46. The van der Waals surface area contributed by atoms with E-state index in [1.165, 1.54) is 0 Å². The first kappa shape index (κ1) is 15.6. The van der Waals surface area contributed by atoms with E-state index >= 15 is 0 Å². The third kappa shape index (κ3) is 3.70. The van der Waals surface area contributed by atoms with E-state index in [1.54, 1.807) is 0 Å². The fourth-order valence-electron chi connectivity index (χ4n) is 2.50. The molecule has 3 rings (SSSR count). The van der Waals surface area contributed by atoms with Crippen LogP contribution in [-0.2, 0) is 4.79 Å². The summed E-state index contributed by atoms with van der Waals surface area (Å²) in [6, 6.07) is 27.2. The molecule has 3 nitrogen and oxygen atoms in total. The lowest BCUT2D eigenvalue weighted by Gasteiger charge is -2.13. The summed E-state index contributed by atoms with van der Waals surface area (Å²) in [5, 5.41) is 3.35. The van der Waals surface area contributed by atoms with Crippen LogP contribution in [0.25, 0.3) is 11.6 Å². The van der Waals surface area contributed by atoms with Crippen LogP contribution in [0, 0.1) is 0 Å². The van der Waals surface area contributed by atoms with Crippen molar-refractivity contribution in [2.45, 2.75) is 0 Å². The van der Waals surface area contributed by atoms with Gasteiger partial charge in [-0.15, -0.1) is 0 Å². The van der Waals surface area contributed by atoms with Gasteiger partial charge in [0.05, 0.1) is 0 Å². The highest BCUT2D eigenvalue weighted by atomic mass is 16.1.